The number of carbonyl (C=O) groups is 1. The van der Waals surface area contributed by atoms with Gasteiger partial charge in [-0.15, -0.1) is 0 Å². The summed E-state index contributed by atoms with van der Waals surface area (Å²) in [5, 5.41) is 15.0. The van der Waals surface area contributed by atoms with Crippen LogP contribution in [0.15, 0.2) is 12.4 Å². The van der Waals surface area contributed by atoms with Gasteiger partial charge in [-0.25, -0.2) is 0 Å². The van der Waals surface area contributed by atoms with Crippen LogP contribution in [0.25, 0.3) is 0 Å². The van der Waals surface area contributed by atoms with Crippen molar-refractivity contribution in [1.82, 2.24) is 9.78 Å². The van der Waals surface area contributed by atoms with Crippen LogP contribution < -0.4 is 0 Å². The van der Waals surface area contributed by atoms with Gasteiger partial charge in [-0.1, -0.05) is 13.8 Å². The fourth-order valence-electron chi connectivity index (χ4n) is 8.78. The van der Waals surface area contributed by atoms with Crippen molar-refractivity contribution in [2.24, 2.45) is 40.4 Å². The lowest BCUT2D eigenvalue weighted by atomic mass is 9.44. The Hall–Kier alpha value is -1.16. The highest BCUT2D eigenvalue weighted by Gasteiger charge is 2.61. The van der Waals surface area contributed by atoms with Crippen molar-refractivity contribution in [2.45, 2.75) is 97.6 Å². The van der Waals surface area contributed by atoms with Gasteiger partial charge in [0.1, 0.15) is 0 Å². The standard InChI is InChI=1S/C26H40N2O2/c1-17-14-27-28(15-17)16-23(29)22-8-7-20-19-6-5-18-13-24(2,30)11-12-25(18,3)21(19)9-10-26(20,22)4/h14-15,18-22,30H,5-13,16H2,1-4H3/t18-,19+,20+,21+,22-,24-,25+,26+/m1/s1. The predicted molar refractivity (Wildman–Crippen MR) is 118 cm³/mol. The van der Waals surface area contributed by atoms with Crippen LogP contribution in [-0.2, 0) is 11.3 Å². The first-order valence-electron chi connectivity index (χ1n) is 12.4. The van der Waals surface area contributed by atoms with E-state index in [1.807, 2.05) is 30.9 Å². The van der Waals surface area contributed by atoms with E-state index in [1.165, 1.54) is 38.5 Å². The van der Waals surface area contributed by atoms with Gasteiger partial charge in [0.2, 0.25) is 0 Å². The van der Waals surface area contributed by atoms with Gasteiger partial charge in [0.05, 0.1) is 18.3 Å². The minimum atomic E-state index is -0.462. The van der Waals surface area contributed by atoms with Gasteiger partial charge in [0.15, 0.2) is 5.78 Å². The van der Waals surface area contributed by atoms with Crippen LogP contribution >= 0.6 is 0 Å². The molecule has 1 heterocycles. The number of hydrogen-bond donors (Lipinski definition) is 1. The molecule has 1 aromatic heterocycles. The van der Waals surface area contributed by atoms with Crippen molar-refractivity contribution in [2.75, 3.05) is 0 Å². The molecule has 5 rings (SSSR count). The molecule has 1 N–H and O–H groups in total. The zero-order chi connectivity index (χ0) is 21.3. The molecule has 4 fully saturated rings. The van der Waals surface area contributed by atoms with Crippen LogP contribution in [0.2, 0.25) is 0 Å². The van der Waals surface area contributed by atoms with E-state index in [0.717, 1.165) is 36.7 Å². The lowest BCUT2D eigenvalue weighted by molar-refractivity contribution is -0.151. The monoisotopic (exact) mass is 412 g/mol. The van der Waals surface area contributed by atoms with E-state index in [1.54, 1.807) is 0 Å². The number of Topliss-reactive ketones (excluding diaryl/α,β-unsaturated/α-hetero) is 1. The van der Waals surface area contributed by atoms with E-state index in [0.29, 0.717) is 29.6 Å². The SMILES string of the molecule is Cc1cnn(CC(=O)[C@H]2CC[C@H]3[C@@H]4CC[C@@H]5C[C@](C)(O)CC[C@]5(C)[C@H]4CC[C@]23C)c1. The minimum Gasteiger partial charge on any atom is -0.390 e. The Balaban J connectivity index is 1.34. The summed E-state index contributed by atoms with van der Waals surface area (Å²) in [7, 11) is 0. The maximum Gasteiger partial charge on any atom is 0.157 e. The summed E-state index contributed by atoms with van der Waals surface area (Å²) >= 11 is 0. The van der Waals surface area contributed by atoms with Crippen LogP contribution in [0.4, 0.5) is 0 Å². The van der Waals surface area contributed by atoms with E-state index in [2.05, 4.69) is 18.9 Å². The molecule has 166 valence electrons. The van der Waals surface area contributed by atoms with Crippen LogP contribution in [0.5, 0.6) is 0 Å². The highest BCUT2D eigenvalue weighted by Crippen LogP contribution is 2.68. The molecule has 0 amide bonds. The van der Waals surface area contributed by atoms with Crippen molar-refractivity contribution in [3.05, 3.63) is 18.0 Å². The third kappa shape index (κ3) is 3.12. The number of aliphatic hydroxyl groups is 1. The highest BCUT2D eigenvalue weighted by atomic mass is 16.3. The Morgan fingerprint density at radius 2 is 1.83 bits per heavy atom. The second kappa shape index (κ2) is 6.92. The molecule has 4 nitrogen and oxygen atoms in total. The quantitative estimate of drug-likeness (QED) is 0.745. The average molecular weight is 413 g/mol. The van der Waals surface area contributed by atoms with Crippen LogP contribution in [0.1, 0.15) is 84.1 Å². The van der Waals surface area contributed by atoms with Crippen molar-refractivity contribution in [3.63, 3.8) is 0 Å². The summed E-state index contributed by atoms with van der Waals surface area (Å²) in [6.45, 7) is 9.50. The van der Waals surface area contributed by atoms with Gasteiger partial charge < -0.3 is 5.11 Å². The molecule has 8 atom stereocenters. The topological polar surface area (TPSA) is 55.1 Å². The first kappa shape index (κ1) is 20.7. The second-order valence-electron chi connectivity index (χ2n) is 12.2. The molecular weight excluding hydrogens is 372 g/mol. The number of carbonyl (C=O) groups excluding carboxylic acids is 1. The maximum atomic E-state index is 13.3. The number of fused-ring (bicyclic) bond motifs is 5. The smallest absolute Gasteiger partial charge is 0.157 e. The fourth-order valence-corrected chi connectivity index (χ4v) is 8.78. The molecule has 0 aliphatic heterocycles. The van der Waals surface area contributed by atoms with E-state index < -0.39 is 5.60 Å². The second-order valence-corrected chi connectivity index (χ2v) is 12.2. The molecule has 0 radical (unpaired) electrons. The maximum absolute atomic E-state index is 13.3. The summed E-state index contributed by atoms with van der Waals surface area (Å²) in [5.74, 6) is 3.53. The Bertz CT molecular complexity index is 829. The summed E-state index contributed by atoms with van der Waals surface area (Å²) in [6, 6.07) is 0. The van der Waals surface area contributed by atoms with Crippen molar-refractivity contribution < 1.29 is 9.90 Å². The molecule has 4 aliphatic rings. The molecule has 1 aromatic rings. The molecule has 0 aromatic carbocycles. The third-order valence-corrected chi connectivity index (χ3v) is 10.4. The van der Waals surface area contributed by atoms with Gasteiger partial charge in [0.25, 0.3) is 0 Å². The predicted octanol–water partition coefficient (Wildman–Crippen LogP) is 5.17. The Kier molecular flexibility index (Phi) is 4.78. The number of ketones is 1. The van der Waals surface area contributed by atoms with E-state index >= 15 is 0 Å². The zero-order valence-corrected chi connectivity index (χ0v) is 19.4. The van der Waals surface area contributed by atoms with Crippen LogP contribution in [-0.4, -0.2) is 26.3 Å². The first-order chi connectivity index (χ1) is 14.1. The lowest BCUT2D eigenvalue weighted by Gasteiger charge is -2.61. The number of rotatable bonds is 3. The molecule has 0 unspecified atom stereocenters. The molecule has 4 aliphatic carbocycles. The summed E-state index contributed by atoms with van der Waals surface area (Å²) in [6.07, 6.45) is 14.3. The van der Waals surface area contributed by atoms with Gasteiger partial charge in [-0.3, -0.25) is 9.48 Å². The molecule has 4 saturated carbocycles. The van der Waals surface area contributed by atoms with Crippen molar-refractivity contribution in [1.29, 1.82) is 0 Å². The number of aromatic nitrogens is 2. The molecule has 0 saturated heterocycles. The summed E-state index contributed by atoms with van der Waals surface area (Å²) < 4.78 is 1.83. The summed E-state index contributed by atoms with van der Waals surface area (Å²) in [5.41, 5.74) is 1.22. The normalized spacial score (nSPS) is 48.0. The molecule has 30 heavy (non-hydrogen) atoms. The fraction of sp³-hybridized carbons (Fsp3) is 0.846. The first-order valence-corrected chi connectivity index (χ1v) is 12.4. The average Bonchev–Trinajstić information content (AvgIpc) is 3.24. The third-order valence-electron chi connectivity index (χ3n) is 10.4. The van der Waals surface area contributed by atoms with Crippen LogP contribution in [0.3, 0.4) is 0 Å². The lowest BCUT2D eigenvalue weighted by Crippen LogP contribution is -2.55. The Morgan fingerprint density at radius 3 is 2.57 bits per heavy atom. The minimum absolute atomic E-state index is 0.170. The Morgan fingerprint density at radius 1 is 1.07 bits per heavy atom. The highest BCUT2D eigenvalue weighted by molar-refractivity contribution is 5.82. The molecule has 0 bridgehead atoms. The van der Waals surface area contributed by atoms with Gasteiger partial charge in [-0.2, -0.15) is 5.10 Å². The molecule has 4 heteroatoms. The number of aryl methyl sites for hydroxylation is 1. The van der Waals surface area contributed by atoms with E-state index in [-0.39, 0.29) is 11.3 Å². The van der Waals surface area contributed by atoms with Crippen molar-refractivity contribution >= 4 is 5.78 Å². The van der Waals surface area contributed by atoms with Crippen LogP contribution in [0, 0.1) is 47.3 Å². The van der Waals surface area contributed by atoms with E-state index in [4.69, 9.17) is 0 Å². The number of nitrogens with zero attached hydrogens (tertiary/aromatic N) is 2. The van der Waals surface area contributed by atoms with Gasteiger partial charge in [-0.05, 0) is 112 Å². The Labute approximate surface area is 181 Å². The van der Waals surface area contributed by atoms with Gasteiger partial charge >= 0.3 is 0 Å². The number of hydrogen-bond acceptors (Lipinski definition) is 3. The molecular formula is C26H40N2O2. The zero-order valence-electron chi connectivity index (χ0n) is 19.4. The van der Waals surface area contributed by atoms with Crippen molar-refractivity contribution in [3.8, 4) is 0 Å². The summed E-state index contributed by atoms with van der Waals surface area (Å²) in [4.78, 5) is 13.3. The largest absolute Gasteiger partial charge is 0.390 e. The van der Waals surface area contributed by atoms with Gasteiger partial charge in [0, 0.05) is 12.1 Å². The molecule has 0 spiro atoms. The van der Waals surface area contributed by atoms with E-state index in [9.17, 15) is 9.90 Å².